The summed E-state index contributed by atoms with van der Waals surface area (Å²) in [7, 11) is 0. The average Bonchev–Trinajstić information content (AvgIpc) is 2.81. The van der Waals surface area contributed by atoms with Gasteiger partial charge >= 0.3 is 0 Å². The van der Waals surface area contributed by atoms with Crippen molar-refractivity contribution in [3.8, 4) is 0 Å². The second-order valence-corrected chi connectivity index (χ2v) is 4.63. The van der Waals surface area contributed by atoms with Crippen LogP contribution in [0.2, 0.25) is 5.02 Å². The maximum Gasteiger partial charge on any atom is 0.210 e. The molecule has 1 aliphatic carbocycles. The largest absolute Gasteiger partial charge is 0.325 e. The zero-order valence-corrected chi connectivity index (χ0v) is 10.4. The van der Waals surface area contributed by atoms with Crippen LogP contribution in [-0.2, 0) is 0 Å². The van der Waals surface area contributed by atoms with Gasteiger partial charge in [-0.05, 0) is 31.0 Å². The van der Waals surface area contributed by atoms with Crippen molar-refractivity contribution in [3.05, 3.63) is 29.3 Å². The monoisotopic (exact) mass is 252 g/mol. The van der Waals surface area contributed by atoms with Crippen molar-refractivity contribution in [3.63, 3.8) is 0 Å². The molecule has 0 spiro atoms. The summed E-state index contributed by atoms with van der Waals surface area (Å²) in [5.41, 5.74) is 3.47. The third-order valence-electron chi connectivity index (χ3n) is 2.86. The molecular weight excluding hydrogens is 236 g/mol. The van der Waals surface area contributed by atoms with Crippen molar-refractivity contribution in [2.45, 2.75) is 31.7 Å². The van der Waals surface area contributed by atoms with Gasteiger partial charge in [0.1, 0.15) is 0 Å². The number of guanidine groups is 1. The molecule has 1 saturated carbocycles. The third-order valence-corrected chi connectivity index (χ3v) is 3.10. The van der Waals surface area contributed by atoms with Crippen LogP contribution in [0.4, 0.5) is 5.69 Å². The highest BCUT2D eigenvalue weighted by Gasteiger charge is 2.14. The summed E-state index contributed by atoms with van der Waals surface area (Å²) < 4.78 is 0. The van der Waals surface area contributed by atoms with Gasteiger partial charge in [0.25, 0.3) is 0 Å². The topological polar surface area (TPSA) is 62.4 Å². The number of nitrogens with one attached hydrogen (secondary N) is 2. The normalized spacial score (nSPS) is 17.2. The first-order valence-electron chi connectivity index (χ1n) is 5.85. The van der Waals surface area contributed by atoms with Crippen LogP contribution < -0.4 is 16.6 Å². The molecule has 4 nitrogen and oxygen atoms in total. The van der Waals surface area contributed by atoms with E-state index in [2.05, 4.69) is 15.7 Å². The average molecular weight is 253 g/mol. The number of aliphatic imine (C=N–C) groups is 1. The molecule has 4 N–H and O–H groups in total. The lowest BCUT2D eigenvalue weighted by Gasteiger charge is -2.11. The number of hydrogen-bond acceptors (Lipinski definition) is 2. The minimum absolute atomic E-state index is 0.382. The summed E-state index contributed by atoms with van der Waals surface area (Å²) in [5, 5.41) is 3.81. The number of benzene rings is 1. The predicted octanol–water partition coefficient (Wildman–Crippen LogP) is 2.51. The van der Waals surface area contributed by atoms with Crippen LogP contribution in [0.5, 0.6) is 0 Å². The van der Waals surface area contributed by atoms with Crippen molar-refractivity contribution in [2.75, 3.05) is 5.32 Å². The van der Waals surface area contributed by atoms with Crippen LogP contribution in [0.1, 0.15) is 25.7 Å². The third kappa shape index (κ3) is 3.61. The van der Waals surface area contributed by atoms with Crippen LogP contribution >= 0.6 is 11.6 Å². The summed E-state index contributed by atoms with van der Waals surface area (Å²) in [6.07, 6.45) is 4.79. The first-order chi connectivity index (χ1) is 8.28. The summed E-state index contributed by atoms with van der Waals surface area (Å²) >= 11 is 5.91. The van der Waals surface area contributed by atoms with Gasteiger partial charge in [-0.3, -0.25) is 5.43 Å². The zero-order chi connectivity index (χ0) is 12.1. The highest BCUT2D eigenvalue weighted by Crippen LogP contribution is 2.21. The Labute approximate surface area is 106 Å². The fourth-order valence-corrected chi connectivity index (χ4v) is 2.21. The van der Waals surface area contributed by atoms with E-state index in [9.17, 15) is 0 Å². The number of rotatable bonds is 2. The van der Waals surface area contributed by atoms with Gasteiger partial charge in [0.05, 0.1) is 6.04 Å². The number of anilines is 1. The standard InChI is InChI=1S/C12H17ClN4/c13-9-4-3-7-11(8-9)16-12(17-14)15-10-5-1-2-6-10/h3-4,7-8,10H,1-2,5-6,14H2,(H2,15,16,17). The molecule has 5 heteroatoms. The SMILES string of the molecule is NNC(=NC1CCCC1)Nc1cccc(Cl)c1. The van der Waals surface area contributed by atoms with Gasteiger partial charge in [0.2, 0.25) is 5.96 Å². The Kier molecular flexibility index (Phi) is 4.23. The summed E-state index contributed by atoms with van der Waals surface area (Å²) in [4.78, 5) is 4.55. The van der Waals surface area contributed by atoms with Crippen LogP contribution in [0, 0.1) is 0 Å². The van der Waals surface area contributed by atoms with Gasteiger partial charge in [0, 0.05) is 10.7 Å². The van der Waals surface area contributed by atoms with Gasteiger partial charge in [-0.25, -0.2) is 10.8 Å². The Morgan fingerprint density at radius 3 is 2.76 bits per heavy atom. The minimum Gasteiger partial charge on any atom is -0.325 e. The molecule has 2 rings (SSSR count). The maximum absolute atomic E-state index is 5.91. The Balaban J connectivity index is 2.03. The molecule has 0 aliphatic heterocycles. The first-order valence-corrected chi connectivity index (χ1v) is 6.23. The molecule has 92 valence electrons. The molecule has 0 radical (unpaired) electrons. The molecule has 0 atom stereocenters. The highest BCUT2D eigenvalue weighted by atomic mass is 35.5. The smallest absolute Gasteiger partial charge is 0.210 e. The Hall–Kier alpha value is -1.26. The Bertz CT molecular complexity index is 399. The second kappa shape index (κ2) is 5.89. The van der Waals surface area contributed by atoms with E-state index >= 15 is 0 Å². The highest BCUT2D eigenvalue weighted by molar-refractivity contribution is 6.30. The molecular formula is C12H17ClN4. The fourth-order valence-electron chi connectivity index (χ4n) is 2.02. The van der Waals surface area contributed by atoms with E-state index in [0.29, 0.717) is 17.0 Å². The van der Waals surface area contributed by atoms with Gasteiger partial charge in [-0.15, -0.1) is 0 Å². The summed E-state index contributed by atoms with van der Waals surface area (Å²) in [5.74, 6) is 6.06. The van der Waals surface area contributed by atoms with Crippen molar-refractivity contribution in [1.82, 2.24) is 5.43 Å². The van der Waals surface area contributed by atoms with E-state index in [-0.39, 0.29) is 0 Å². The Morgan fingerprint density at radius 2 is 2.12 bits per heavy atom. The van der Waals surface area contributed by atoms with E-state index < -0.39 is 0 Å². The molecule has 1 fully saturated rings. The number of hydrogen-bond donors (Lipinski definition) is 3. The molecule has 0 saturated heterocycles. The van der Waals surface area contributed by atoms with Gasteiger partial charge in [-0.2, -0.15) is 0 Å². The number of nitrogens with two attached hydrogens (primary N) is 1. The van der Waals surface area contributed by atoms with E-state index in [0.717, 1.165) is 18.5 Å². The summed E-state index contributed by atoms with van der Waals surface area (Å²) in [6, 6.07) is 7.86. The maximum atomic E-state index is 5.91. The van der Waals surface area contributed by atoms with Gasteiger partial charge < -0.3 is 5.32 Å². The van der Waals surface area contributed by atoms with Crippen LogP contribution in [0.25, 0.3) is 0 Å². The molecule has 1 aromatic carbocycles. The minimum atomic E-state index is 0.382. The molecule has 0 aromatic heterocycles. The number of nitrogens with zero attached hydrogens (tertiary/aromatic N) is 1. The van der Waals surface area contributed by atoms with Gasteiger partial charge in [0.15, 0.2) is 0 Å². The van der Waals surface area contributed by atoms with Crippen molar-refractivity contribution < 1.29 is 0 Å². The Morgan fingerprint density at radius 1 is 1.35 bits per heavy atom. The predicted molar refractivity (Wildman–Crippen MR) is 72.1 cm³/mol. The second-order valence-electron chi connectivity index (χ2n) is 4.20. The van der Waals surface area contributed by atoms with E-state index in [1.807, 2.05) is 24.3 Å². The van der Waals surface area contributed by atoms with E-state index in [1.54, 1.807) is 0 Å². The number of hydrazine groups is 1. The molecule has 0 amide bonds. The lowest BCUT2D eigenvalue weighted by Crippen LogP contribution is -2.37. The molecule has 0 bridgehead atoms. The summed E-state index contributed by atoms with van der Waals surface area (Å²) in [6.45, 7) is 0. The molecule has 0 heterocycles. The molecule has 17 heavy (non-hydrogen) atoms. The van der Waals surface area contributed by atoms with E-state index in [1.165, 1.54) is 12.8 Å². The van der Waals surface area contributed by atoms with Crippen LogP contribution in [0.3, 0.4) is 0 Å². The van der Waals surface area contributed by atoms with Crippen molar-refractivity contribution >= 4 is 23.2 Å². The van der Waals surface area contributed by atoms with Crippen LogP contribution in [-0.4, -0.2) is 12.0 Å². The van der Waals surface area contributed by atoms with Crippen molar-refractivity contribution in [1.29, 1.82) is 0 Å². The molecule has 1 aromatic rings. The van der Waals surface area contributed by atoms with Gasteiger partial charge in [-0.1, -0.05) is 30.5 Å². The quantitative estimate of drug-likeness (QED) is 0.328. The van der Waals surface area contributed by atoms with Crippen LogP contribution in [0.15, 0.2) is 29.3 Å². The zero-order valence-electron chi connectivity index (χ0n) is 9.62. The molecule has 0 unspecified atom stereocenters. The lowest BCUT2D eigenvalue weighted by molar-refractivity contribution is 0.700. The van der Waals surface area contributed by atoms with Crippen molar-refractivity contribution in [2.24, 2.45) is 10.8 Å². The van der Waals surface area contributed by atoms with E-state index in [4.69, 9.17) is 17.4 Å². The fraction of sp³-hybridized carbons (Fsp3) is 0.417. The first kappa shape index (κ1) is 12.2. The lowest BCUT2D eigenvalue weighted by atomic mass is 10.3. The number of halogens is 1. The molecule has 1 aliphatic rings.